The summed E-state index contributed by atoms with van der Waals surface area (Å²) in [5, 5.41) is 12.1. The van der Waals surface area contributed by atoms with Crippen molar-refractivity contribution in [1.82, 2.24) is 15.5 Å². The van der Waals surface area contributed by atoms with E-state index >= 15 is 0 Å². The number of piperidine rings is 1. The number of sulfonamides is 1. The van der Waals surface area contributed by atoms with Gasteiger partial charge in [-0.3, -0.25) is 10.0 Å². The Morgan fingerprint density at radius 1 is 1.09 bits per heavy atom. The molecule has 0 bridgehead atoms. The van der Waals surface area contributed by atoms with Crippen LogP contribution in [0.1, 0.15) is 24.0 Å². The molecule has 1 aliphatic rings. The first-order valence-corrected chi connectivity index (χ1v) is 11.5. The van der Waals surface area contributed by atoms with Crippen LogP contribution in [0.15, 0.2) is 35.2 Å². The Hall–Kier alpha value is -2.60. The molecule has 8 nitrogen and oxygen atoms in total. The maximum Gasteiger partial charge on any atom is 0.261 e. The number of halogens is 2. The number of carbonyl (C=O) groups excluding carboxylic acids is 1. The fraction of sp³-hybridized carbons (Fsp3) is 0.381. The van der Waals surface area contributed by atoms with Crippen LogP contribution in [-0.2, 0) is 14.8 Å². The largest absolute Gasteiger partial charge is 0.451 e. The fourth-order valence-corrected chi connectivity index (χ4v) is 5.03. The minimum Gasteiger partial charge on any atom is -0.451 e. The van der Waals surface area contributed by atoms with E-state index in [-0.39, 0.29) is 5.75 Å². The second kappa shape index (κ2) is 9.90. The van der Waals surface area contributed by atoms with Crippen molar-refractivity contribution in [3.8, 4) is 11.5 Å². The van der Waals surface area contributed by atoms with Crippen molar-refractivity contribution < 1.29 is 31.9 Å². The number of hydrogen-bond donors (Lipinski definition) is 4. The molecule has 3 rings (SSSR count). The second-order valence-electron chi connectivity index (χ2n) is 7.80. The minimum absolute atomic E-state index is 0.208. The lowest BCUT2D eigenvalue weighted by molar-refractivity contribution is -0.132. The summed E-state index contributed by atoms with van der Waals surface area (Å²) >= 11 is 0. The van der Waals surface area contributed by atoms with Gasteiger partial charge in [0.25, 0.3) is 5.91 Å². The average molecular weight is 470 g/mol. The molecule has 1 atom stereocenters. The average Bonchev–Trinajstić information content (AvgIpc) is 2.74. The van der Waals surface area contributed by atoms with E-state index < -0.39 is 50.2 Å². The summed E-state index contributed by atoms with van der Waals surface area (Å²) in [5.74, 6) is -4.31. The molecular formula is C21H25F2N3O5S. The molecule has 174 valence electrons. The predicted molar refractivity (Wildman–Crippen MR) is 112 cm³/mol. The quantitative estimate of drug-likeness (QED) is 0.366. The third kappa shape index (κ3) is 5.60. The molecule has 0 aromatic heterocycles. The lowest BCUT2D eigenvalue weighted by atomic mass is 9.90. The molecule has 1 unspecified atom stereocenters. The van der Waals surface area contributed by atoms with Gasteiger partial charge in [0.15, 0.2) is 17.4 Å². The van der Waals surface area contributed by atoms with Crippen LogP contribution >= 0.6 is 0 Å². The molecule has 32 heavy (non-hydrogen) atoms. The summed E-state index contributed by atoms with van der Waals surface area (Å²) in [6, 6.07) is 5.00. The number of hydroxylamine groups is 1. The Kier molecular flexibility index (Phi) is 7.44. The Labute approximate surface area is 185 Å². The standard InChI is InChI=1S/C21H25F2N3O5S/c1-12-7-13(2)9-15(8-12)31-20-17(22)10-16(11-18(20)23)32(29,30)26-19(21(27)25-28)14-3-5-24-6-4-14/h7-11,14,19,24,26,28H,3-6H2,1-2H3,(H,25,27). The van der Waals surface area contributed by atoms with Gasteiger partial charge in [-0.25, -0.2) is 22.7 Å². The van der Waals surface area contributed by atoms with Crippen molar-refractivity contribution in [3.05, 3.63) is 53.1 Å². The van der Waals surface area contributed by atoms with Gasteiger partial charge in [-0.15, -0.1) is 0 Å². The van der Waals surface area contributed by atoms with Gasteiger partial charge in [-0.2, -0.15) is 4.72 Å². The normalized spacial score (nSPS) is 15.9. The molecule has 4 N–H and O–H groups in total. The Morgan fingerprint density at radius 2 is 1.66 bits per heavy atom. The molecule has 2 aromatic rings. The van der Waals surface area contributed by atoms with Gasteiger partial charge in [-0.1, -0.05) is 6.07 Å². The zero-order valence-electron chi connectivity index (χ0n) is 17.6. The van der Waals surface area contributed by atoms with Gasteiger partial charge >= 0.3 is 0 Å². The van der Waals surface area contributed by atoms with Gasteiger partial charge < -0.3 is 10.1 Å². The lowest BCUT2D eigenvalue weighted by Gasteiger charge is -2.29. The molecule has 0 spiro atoms. The van der Waals surface area contributed by atoms with Crippen LogP contribution < -0.4 is 20.3 Å². The number of aryl methyl sites for hydroxylation is 2. The van der Waals surface area contributed by atoms with Crippen molar-refractivity contribution in [2.75, 3.05) is 13.1 Å². The summed E-state index contributed by atoms with van der Waals surface area (Å²) < 4.78 is 62.4. The molecule has 1 heterocycles. The molecule has 11 heteroatoms. The molecule has 1 fully saturated rings. The molecule has 1 aliphatic heterocycles. The van der Waals surface area contributed by atoms with E-state index in [1.165, 1.54) is 5.48 Å². The highest BCUT2D eigenvalue weighted by Crippen LogP contribution is 2.31. The van der Waals surface area contributed by atoms with E-state index in [0.717, 1.165) is 11.1 Å². The van der Waals surface area contributed by atoms with Gasteiger partial charge in [0, 0.05) is 0 Å². The fourth-order valence-electron chi connectivity index (χ4n) is 3.75. The highest BCUT2D eigenvalue weighted by Gasteiger charge is 2.34. The lowest BCUT2D eigenvalue weighted by Crippen LogP contribution is -2.52. The number of rotatable bonds is 7. The molecule has 2 aromatic carbocycles. The second-order valence-corrected chi connectivity index (χ2v) is 9.52. The van der Waals surface area contributed by atoms with Crippen LogP contribution in [0.2, 0.25) is 0 Å². The summed E-state index contributed by atoms with van der Waals surface area (Å²) in [4.78, 5) is 11.4. The first-order chi connectivity index (χ1) is 15.1. The van der Waals surface area contributed by atoms with Crippen LogP contribution in [0.25, 0.3) is 0 Å². The van der Waals surface area contributed by atoms with E-state index in [1.54, 1.807) is 26.0 Å². The number of ether oxygens (including phenoxy) is 1. The monoisotopic (exact) mass is 469 g/mol. The van der Waals surface area contributed by atoms with E-state index in [4.69, 9.17) is 9.94 Å². The molecule has 1 amide bonds. The van der Waals surface area contributed by atoms with E-state index in [1.807, 2.05) is 6.07 Å². The molecule has 0 saturated carbocycles. The highest BCUT2D eigenvalue weighted by molar-refractivity contribution is 7.89. The third-order valence-electron chi connectivity index (χ3n) is 5.23. The summed E-state index contributed by atoms with van der Waals surface area (Å²) in [6.07, 6.45) is 0.956. The summed E-state index contributed by atoms with van der Waals surface area (Å²) in [5.41, 5.74) is 3.11. The number of hydrogen-bond acceptors (Lipinski definition) is 6. The molecular weight excluding hydrogens is 444 g/mol. The maximum atomic E-state index is 14.7. The van der Waals surface area contributed by atoms with Gasteiger partial charge in [0.1, 0.15) is 11.8 Å². The number of carbonyl (C=O) groups is 1. The van der Waals surface area contributed by atoms with Crippen molar-refractivity contribution in [1.29, 1.82) is 0 Å². The molecule has 0 radical (unpaired) electrons. The van der Waals surface area contributed by atoms with Crippen molar-refractivity contribution in [2.45, 2.75) is 37.6 Å². The van der Waals surface area contributed by atoms with Crippen LogP contribution in [0.4, 0.5) is 8.78 Å². The smallest absolute Gasteiger partial charge is 0.261 e. The SMILES string of the molecule is Cc1cc(C)cc(Oc2c(F)cc(S(=O)(=O)NC(C(=O)NO)C3CCNCC3)cc2F)c1. The third-order valence-corrected chi connectivity index (χ3v) is 6.65. The Balaban J connectivity index is 1.88. The maximum absolute atomic E-state index is 14.7. The van der Waals surface area contributed by atoms with Crippen LogP contribution in [0, 0.1) is 31.4 Å². The van der Waals surface area contributed by atoms with Gasteiger partial charge in [-0.05, 0) is 81.1 Å². The van der Waals surface area contributed by atoms with E-state index in [9.17, 15) is 22.0 Å². The topological polar surface area (TPSA) is 117 Å². The molecule has 1 saturated heterocycles. The number of amides is 1. The first-order valence-electron chi connectivity index (χ1n) is 10.0. The zero-order chi connectivity index (χ0) is 23.5. The number of benzene rings is 2. The van der Waals surface area contributed by atoms with Gasteiger partial charge in [0.05, 0.1) is 4.90 Å². The van der Waals surface area contributed by atoms with Crippen LogP contribution in [-0.4, -0.2) is 38.7 Å². The van der Waals surface area contributed by atoms with E-state index in [2.05, 4.69) is 10.0 Å². The summed E-state index contributed by atoms with van der Waals surface area (Å²) in [7, 11) is -4.49. The Morgan fingerprint density at radius 3 is 2.19 bits per heavy atom. The number of nitrogens with one attached hydrogen (secondary N) is 3. The van der Waals surface area contributed by atoms with E-state index in [0.29, 0.717) is 38.1 Å². The van der Waals surface area contributed by atoms with Crippen LogP contribution in [0.5, 0.6) is 11.5 Å². The van der Waals surface area contributed by atoms with Crippen molar-refractivity contribution in [3.63, 3.8) is 0 Å². The van der Waals surface area contributed by atoms with Gasteiger partial charge in [0.2, 0.25) is 10.0 Å². The Bertz CT molecular complexity index is 1060. The molecule has 0 aliphatic carbocycles. The zero-order valence-corrected chi connectivity index (χ0v) is 18.4. The minimum atomic E-state index is -4.49. The van der Waals surface area contributed by atoms with Crippen molar-refractivity contribution >= 4 is 15.9 Å². The van der Waals surface area contributed by atoms with Crippen LogP contribution in [0.3, 0.4) is 0 Å². The van der Waals surface area contributed by atoms with Crippen molar-refractivity contribution in [2.24, 2.45) is 5.92 Å². The predicted octanol–water partition coefficient (Wildman–Crippen LogP) is 2.53. The first kappa shape index (κ1) is 24.1. The highest BCUT2D eigenvalue weighted by atomic mass is 32.2. The summed E-state index contributed by atoms with van der Waals surface area (Å²) in [6.45, 7) is 4.73.